The number of methoxy groups -OCH3 is 1. The first-order valence-corrected chi connectivity index (χ1v) is 8.05. The summed E-state index contributed by atoms with van der Waals surface area (Å²) in [6.45, 7) is 2.56. The zero-order valence-electron chi connectivity index (χ0n) is 12.8. The summed E-state index contributed by atoms with van der Waals surface area (Å²) in [5, 5.41) is 0. The molecule has 0 bridgehead atoms. The Hall–Kier alpha value is -1.83. The summed E-state index contributed by atoms with van der Waals surface area (Å²) >= 11 is 2.08. The molecule has 122 valence electrons. The normalized spacial score (nSPS) is 10.3. The molecule has 0 saturated heterocycles. The maximum atomic E-state index is 12.9. The van der Waals surface area contributed by atoms with Crippen LogP contribution in [-0.2, 0) is 11.3 Å². The molecule has 23 heavy (non-hydrogen) atoms. The predicted octanol–water partition coefficient (Wildman–Crippen LogP) is 4.19. The summed E-state index contributed by atoms with van der Waals surface area (Å²) in [5.74, 6) is 0.293. The first kappa shape index (κ1) is 17.5. The summed E-state index contributed by atoms with van der Waals surface area (Å²) in [6, 6.07) is 9.35. The van der Waals surface area contributed by atoms with Crippen molar-refractivity contribution in [1.82, 2.24) is 0 Å². The highest BCUT2D eigenvalue weighted by Gasteiger charge is 2.16. The number of hydrogen-bond acceptors (Lipinski definition) is 4. The van der Waals surface area contributed by atoms with Crippen LogP contribution in [0.15, 0.2) is 36.4 Å². The molecular weight excluding hydrogens is 414 g/mol. The minimum Gasteiger partial charge on any atom is -0.490 e. The highest BCUT2D eigenvalue weighted by Crippen LogP contribution is 2.35. The molecule has 0 fully saturated rings. The molecule has 0 amide bonds. The van der Waals surface area contributed by atoms with Crippen LogP contribution < -0.4 is 9.47 Å². The number of halogens is 2. The van der Waals surface area contributed by atoms with Gasteiger partial charge in [0.2, 0.25) is 0 Å². The van der Waals surface area contributed by atoms with Gasteiger partial charge in [-0.1, -0.05) is 12.1 Å². The average Bonchev–Trinajstić information content (AvgIpc) is 2.55. The minimum atomic E-state index is -0.436. The number of hydrogen-bond donors (Lipinski definition) is 0. The van der Waals surface area contributed by atoms with E-state index in [9.17, 15) is 9.18 Å². The first-order chi connectivity index (χ1) is 11.0. The molecule has 0 atom stereocenters. The third-order valence-electron chi connectivity index (χ3n) is 3.03. The van der Waals surface area contributed by atoms with Crippen molar-refractivity contribution in [3.63, 3.8) is 0 Å². The molecule has 4 nitrogen and oxygen atoms in total. The molecule has 0 aromatic heterocycles. The van der Waals surface area contributed by atoms with Crippen LogP contribution in [0.1, 0.15) is 22.8 Å². The van der Waals surface area contributed by atoms with Gasteiger partial charge in [0.15, 0.2) is 11.5 Å². The lowest BCUT2D eigenvalue weighted by molar-refractivity contribution is 0.0600. The number of carbonyl (C=O) groups is 1. The zero-order chi connectivity index (χ0) is 16.8. The van der Waals surface area contributed by atoms with Gasteiger partial charge in [0, 0.05) is 0 Å². The smallest absolute Gasteiger partial charge is 0.338 e. The number of esters is 1. The van der Waals surface area contributed by atoms with E-state index in [0.717, 1.165) is 9.13 Å². The van der Waals surface area contributed by atoms with E-state index in [1.54, 1.807) is 24.3 Å². The van der Waals surface area contributed by atoms with Crippen molar-refractivity contribution in [3.05, 3.63) is 56.9 Å². The molecule has 0 aliphatic carbocycles. The fourth-order valence-corrected chi connectivity index (χ4v) is 2.70. The Kier molecular flexibility index (Phi) is 6.20. The van der Waals surface area contributed by atoms with Gasteiger partial charge in [-0.05, 0) is 59.3 Å². The van der Waals surface area contributed by atoms with Crippen LogP contribution in [0.25, 0.3) is 0 Å². The lowest BCUT2D eigenvalue weighted by Crippen LogP contribution is -2.06. The predicted molar refractivity (Wildman–Crippen MR) is 92.4 cm³/mol. The van der Waals surface area contributed by atoms with Crippen molar-refractivity contribution in [1.29, 1.82) is 0 Å². The lowest BCUT2D eigenvalue weighted by Gasteiger charge is -2.15. The van der Waals surface area contributed by atoms with Gasteiger partial charge in [-0.2, -0.15) is 0 Å². The van der Waals surface area contributed by atoms with Gasteiger partial charge in [0.25, 0.3) is 0 Å². The molecule has 0 spiro atoms. The van der Waals surface area contributed by atoms with Crippen LogP contribution in [0.2, 0.25) is 0 Å². The summed E-state index contributed by atoms with van der Waals surface area (Å²) in [6.07, 6.45) is 0. The second-order valence-corrected chi connectivity index (χ2v) is 5.79. The van der Waals surface area contributed by atoms with Crippen LogP contribution in [-0.4, -0.2) is 19.7 Å². The van der Waals surface area contributed by atoms with Crippen molar-refractivity contribution in [3.8, 4) is 11.5 Å². The molecule has 0 heterocycles. The molecule has 0 aliphatic heterocycles. The van der Waals surface area contributed by atoms with Gasteiger partial charge in [-0.25, -0.2) is 9.18 Å². The third-order valence-corrected chi connectivity index (χ3v) is 3.83. The molecular formula is C17H16FIO4. The van der Waals surface area contributed by atoms with Gasteiger partial charge in [0.1, 0.15) is 12.4 Å². The Balaban J connectivity index is 2.25. The standard InChI is InChI=1S/C17H16FIO4/c1-3-22-15-9-12(17(20)21-2)8-14(19)16(15)23-10-11-4-6-13(18)7-5-11/h4-9H,3,10H2,1-2H3. The second kappa shape index (κ2) is 8.14. The SMILES string of the molecule is CCOc1cc(C(=O)OC)cc(I)c1OCc1ccc(F)cc1. The molecule has 2 rings (SSSR count). The topological polar surface area (TPSA) is 44.8 Å². The molecule has 0 aliphatic rings. The van der Waals surface area contributed by atoms with Crippen LogP contribution in [0.4, 0.5) is 4.39 Å². The highest BCUT2D eigenvalue weighted by molar-refractivity contribution is 14.1. The van der Waals surface area contributed by atoms with E-state index in [1.807, 2.05) is 6.92 Å². The van der Waals surface area contributed by atoms with Gasteiger partial charge in [-0.15, -0.1) is 0 Å². The Labute approximate surface area is 147 Å². The Bertz CT molecular complexity index is 686. The molecule has 0 N–H and O–H groups in total. The van der Waals surface area contributed by atoms with Crippen molar-refractivity contribution < 1.29 is 23.4 Å². The van der Waals surface area contributed by atoms with Crippen molar-refractivity contribution in [2.75, 3.05) is 13.7 Å². The largest absolute Gasteiger partial charge is 0.490 e. The van der Waals surface area contributed by atoms with Crippen molar-refractivity contribution in [2.24, 2.45) is 0 Å². The van der Waals surface area contributed by atoms with E-state index < -0.39 is 5.97 Å². The second-order valence-electron chi connectivity index (χ2n) is 4.63. The van der Waals surface area contributed by atoms with Gasteiger partial charge in [0.05, 0.1) is 22.9 Å². The van der Waals surface area contributed by atoms with Gasteiger partial charge >= 0.3 is 5.97 Å². The van der Waals surface area contributed by atoms with Crippen molar-refractivity contribution in [2.45, 2.75) is 13.5 Å². The summed E-state index contributed by atoms with van der Waals surface area (Å²) < 4.78 is 29.8. The molecule has 2 aromatic rings. The van der Waals surface area contributed by atoms with Gasteiger partial charge < -0.3 is 14.2 Å². The number of ether oxygens (including phenoxy) is 3. The number of carbonyl (C=O) groups excluding carboxylic acids is 1. The van der Waals surface area contributed by atoms with Crippen molar-refractivity contribution >= 4 is 28.6 Å². The van der Waals surface area contributed by atoms with E-state index in [2.05, 4.69) is 22.6 Å². The minimum absolute atomic E-state index is 0.272. The van der Waals surface area contributed by atoms with Crippen LogP contribution in [0.3, 0.4) is 0 Å². The average molecular weight is 430 g/mol. The summed E-state index contributed by atoms with van der Waals surface area (Å²) in [7, 11) is 1.33. The Morgan fingerprint density at radius 2 is 1.87 bits per heavy atom. The van der Waals surface area contributed by atoms with Crippen LogP contribution in [0, 0.1) is 9.39 Å². The molecule has 0 unspecified atom stereocenters. The fraction of sp³-hybridized carbons (Fsp3) is 0.235. The van der Waals surface area contributed by atoms with E-state index in [0.29, 0.717) is 23.7 Å². The number of rotatable bonds is 6. The Morgan fingerprint density at radius 3 is 2.48 bits per heavy atom. The maximum Gasteiger partial charge on any atom is 0.338 e. The van der Waals surface area contributed by atoms with E-state index in [1.165, 1.54) is 19.2 Å². The number of benzene rings is 2. The lowest BCUT2D eigenvalue weighted by atomic mass is 10.2. The quantitative estimate of drug-likeness (QED) is 0.509. The van der Waals surface area contributed by atoms with E-state index in [4.69, 9.17) is 14.2 Å². The van der Waals surface area contributed by atoms with E-state index >= 15 is 0 Å². The highest BCUT2D eigenvalue weighted by atomic mass is 127. The fourth-order valence-electron chi connectivity index (χ4n) is 1.94. The first-order valence-electron chi connectivity index (χ1n) is 6.97. The van der Waals surface area contributed by atoms with Crippen LogP contribution in [0.5, 0.6) is 11.5 Å². The van der Waals surface area contributed by atoms with Crippen LogP contribution >= 0.6 is 22.6 Å². The summed E-state index contributed by atoms with van der Waals surface area (Å²) in [4.78, 5) is 11.7. The monoisotopic (exact) mass is 430 g/mol. The van der Waals surface area contributed by atoms with E-state index in [-0.39, 0.29) is 12.4 Å². The summed E-state index contributed by atoms with van der Waals surface area (Å²) in [5.41, 5.74) is 1.23. The zero-order valence-corrected chi connectivity index (χ0v) is 14.9. The maximum absolute atomic E-state index is 12.9. The molecule has 0 saturated carbocycles. The Morgan fingerprint density at radius 1 is 1.17 bits per heavy atom. The third kappa shape index (κ3) is 4.57. The van der Waals surface area contributed by atoms with Gasteiger partial charge in [-0.3, -0.25) is 0 Å². The molecule has 6 heteroatoms. The molecule has 2 aromatic carbocycles. The molecule has 0 radical (unpaired) electrons.